The van der Waals surface area contributed by atoms with E-state index < -0.39 is 0 Å². The number of furan rings is 1. The molecule has 0 bridgehead atoms. The molecule has 110 valence electrons. The van der Waals surface area contributed by atoms with Gasteiger partial charge in [-0.25, -0.2) is 0 Å². The minimum Gasteiger partial charge on any atom is -0.493 e. The normalized spacial score (nSPS) is 13.8. The van der Waals surface area contributed by atoms with Gasteiger partial charge in [0.1, 0.15) is 12.4 Å². The lowest BCUT2D eigenvalue weighted by atomic mass is 10.3. The van der Waals surface area contributed by atoms with Gasteiger partial charge in [0, 0.05) is 6.04 Å². The zero-order valence-electron chi connectivity index (χ0n) is 11.8. The second-order valence-electron chi connectivity index (χ2n) is 4.95. The van der Waals surface area contributed by atoms with Crippen LogP contribution in [0.25, 0.3) is 0 Å². The lowest BCUT2D eigenvalue weighted by molar-refractivity contribution is 0.0919. The Kier molecular flexibility index (Phi) is 3.81. The molecule has 21 heavy (non-hydrogen) atoms. The first-order valence-electron chi connectivity index (χ1n) is 6.91. The molecule has 1 heterocycles. The average molecular weight is 287 g/mol. The van der Waals surface area contributed by atoms with Crippen LogP contribution in [-0.2, 0) is 6.61 Å². The second-order valence-corrected chi connectivity index (χ2v) is 4.95. The molecule has 1 amide bonds. The number of rotatable bonds is 6. The number of amides is 1. The van der Waals surface area contributed by atoms with Crippen molar-refractivity contribution in [2.24, 2.45) is 0 Å². The predicted molar refractivity (Wildman–Crippen MR) is 76.5 cm³/mol. The van der Waals surface area contributed by atoms with E-state index in [9.17, 15) is 4.79 Å². The van der Waals surface area contributed by atoms with E-state index >= 15 is 0 Å². The van der Waals surface area contributed by atoms with Crippen molar-refractivity contribution in [3.8, 4) is 11.5 Å². The molecule has 1 aliphatic carbocycles. The third-order valence-electron chi connectivity index (χ3n) is 3.24. The molecule has 1 aromatic carbocycles. The zero-order chi connectivity index (χ0) is 14.7. The Morgan fingerprint density at radius 1 is 1.24 bits per heavy atom. The van der Waals surface area contributed by atoms with Crippen LogP contribution >= 0.6 is 0 Å². The molecule has 2 aromatic rings. The van der Waals surface area contributed by atoms with Crippen LogP contribution in [0.3, 0.4) is 0 Å². The quantitative estimate of drug-likeness (QED) is 0.887. The minimum atomic E-state index is -0.166. The number of carbonyl (C=O) groups excluding carboxylic acids is 1. The van der Waals surface area contributed by atoms with E-state index in [-0.39, 0.29) is 12.5 Å². The van der Waals surface area contributed by atoms with Gasteiger partial charge in [-0.1, -0.05) is 12.1 Å². The summed E-state index contributed by atoms with van der Waals surface area (Å²) in [6.07, 6.45) is 2.10. The van der Waals surface area contributed by atoms with Crippen molar-refractivity contribution in [3.63, 3.8) is 0 Å². The number of hydrogen-bond acceptors (Lipinski definition) is 4. The van der Waals surface area contributed by atoms with E-state index in [2.05, 4.69) is 5.32 Å². The Morgan fingerprint density at radius 2 is 2.00 bits per heavy atom. The van der Waals surface area contributed by atoms with Crippen molar-refractivity contribution in [2.45, 2.75) is 25.5 Å². The number of para-hydroxylation sites is 2. The van der Waals surface area contributed by atoms with E-state index in [1.54, 1.807) is 19.2 Å². The Labute approximate surface area is 122 Å². The van der Waals surface area contributed by atoms with Crippen LogP contribution in [0.1, 0.15) is 29.2 Å². The van der Waals surface area contributed by atoms with Crippen LogP contribution in [0.4, 0.5) is 0 Å². The van der Waals surface area contributed by atoms with E-state index in [0.29, 0.717) is 29.1 Å². The number of benzene rings is 1. The van der Waals surface area contributed by atoms with Crippen LogP contribution in [0.5, 0.6) is 11.5 Å². The van der Waals surface area contributed by atoms with Gasteiger partial charge in [0.15, 0.2) is 17.3 Å². The monoisotopic (exact) mass is 287 g/mol. The number of carbonyl (C=O) groups is 1. The van der Waals surface area contributed by atoms with Gasteiger partial charge in [-0.3, -0.25) is 4.79 Å². The number of ether oxygens (including phenoxy) is 2. The molecule has 1 N–H and O–H groups in total. The van der Waals surface area contributed by atoms with Gasteiger partial charge in [-0.2, -0.15) is 0 Å². The molecule has 0 unspecified atom stereocenters. The van der Waals surface area contributed by atoms with Crippen molar-refractivity contribution in [1.29, 1.82) is 0 Å². The molecular weight excluding hydrogens is 270 g/mol. The van der Waals surface area contributed by atoms with Gasteiger partial charge in [0.05, 0.1) is 7.11 Å². The van der Waals surface area contributed by atoms with Gasteiger partial charge in [0.2, 0.25) is 0 Å². The summed E-state index contributed by atoms with van der Waals surface area (Å²) >= 11 is 0. The molecule has 1 aromatic heterocycles. The summed E-state index contributed by atoms with van der Waals surface area (Å²) in [5, 5.41) is 2.88. The molecule has 1 aliphatic rings. The van der Waals surface area contributed by atoms with Crippen molar-refractivity contribution >= 4 is 5.91 Å². The second kappa shape index (κ2) is 5.91. The smallest absolute Gasteiger partial charge is 0.287 e. The molecule has 5 nitrogen and oxygen atoms in total. The highest BCUT2D eigenvalue weighted by Crippen LogP contribution is 2.27. The van der Waals surface area contributed by atoms with Gasteiger partial charge in [-0.15, -0.1) is 0 Å². The fraction of sp³-hybridized carbons (Fsp3) is 0.312. The van der Waals surface area contributed by atoms with Crippen LogP contribution in [-0.4, -0.2) is 19.1 Å². The minimum absolute atomic E-state index is 0.166. The summed E-state index contributed by atoms with van der Waals surface area (Å²) in [4.78, 5) is 11.8. The standard InChI is InChI=1S/C16H17NO4/c1-19-13-4-2-3-5-14(13)20-10-12-8-9-15(21-12)16(18)17-11-6-7-11/h2-5,8-9,11H,6-7,10H2,1H3,(H,17,18). The maximum Gasteiger partial charge on any atom is 0.287 e. The Balaban J connectivity index is 1.60. The maximum absolute atomic E-state index is 11.8. The fourth-order valence-electron chi connectivity index (χ4n) is 1.95. The molecule has 1 fully saturated rings. The SMILES string of the molecule is COc1ccccc1OCc1ccc(C(=O)NC2CC2)o1. The first kappa shape index (κ1) is 13.5. The highest BCUT2D eigenvalue weighted by atomic mass is 16.5. The molecule has 0 spiro atoms. The Bertz CT molecular complexity index is 631. The summed E-state index contributed by atoms with van der Waals surface area (Å²) in [7, 11) is 1.59. The first-order chi connectivity index (χ1) is 10.3. The van der Waals surface area contributed by atoms with Gasteiger partial charge < -0.3 is 19.2 Å². The highest BCUT2D eigenvalue weighted by Gasteiger charge is 2.25. The molecule has 3 rings (SSSR count). The lowest BCUT2D eigenvalue weighted by Crippen LogP contribution is -2.24. The molecule has 1 saturated carbocycles. The van der Waals surface area contributed by atoms with Crippen LogP contribution in [0.15, 0.2) is 40.8 Å². The van der Waals surface area contributed by atoms with Crippen molar-refractivity contribution in [1.82, 2.24) is 5.32 Å². The van der Waals surface area contributed by atoms with Gasteiger partial charge >= 0.3 is 0 Å². The van der Waals surface area contributed by atoms with E-state index in [4.69, 9.17) is 13.9 Å². The van der Waals surface area contributed by atoms with Crippen LogP contribution in [0.2, 0.25) is 0 Å². The summed E-state index contributed by atoms with van der Waals surface area (Å²) < 4.78 is 16.3. The Hall–Kier alpha value is -2.43. The van der Waals surface area contributed by atoms with Crippen molar-refractivity contribution in [3.05, 3.63) is 47.9 Å². The summed E-state index contributed by atoms with van der Waals surface area (Å²) in [6.45, 7) is 0.247. The van der Waals surface area contributed by atoms with Crippen LogP contribution < -0.4 is 14.8 Å². The molecule has 0 atom stereocenters. The predicted octanol–water partition coefficient (Wildman–Crippen LogP) is 2.76. The first-order valence-corrected chi connectivity index (χ1v) is 6.91. The zero-order valence-corrected chi connectivity index (χ0v) is 11.8. The topological polar surface area (TPSA) is 60.7 Å². The number of nitrogens with one attached hydrogen (secondary N) is 1. The van der Waals surface area contributed by atoms with E-state index in [1.807, 2.05) is 24.3 Å². The molecule has 0 radical (unpaired) electrons. The molecule has 0 aliphatic heterocycles. The maximum atomic E-state index is 11.8. The molecular formula is C16H17NO4. The van der Waals surface area contributed by atoms with Crippen molar-refractivity contribution < 1.29 is 18.7 Å². The van der Waals surface area contributed by atoms with Gasteiger partial charge in [0.25, 0.3) is 5.91 Å². The highest BCUT2D eigenvalue weighted by molar-refractivity contribution is 5.91. The van der Waals surface area contributed by atoms with Gasteiger partial charge in [-0.05, 0) is 37.1 Å². The third kappa shape index (κ3) is 3.37. The summed E-state index contributed by atoms with van der Waals surface area (Å²) in [5.41, 5.74) is 0. The largest absolute Gasteiger partial charge is 0.493 e. The fourth-order valence-corrected chi connectivity index (χ4v) is 1.95. The number of methoxy groups -OCH3 is 1. The third-order valence-corrected chi connectivity index (χ3v) is 3.24. The summed E-state index contributed by atoms with van der Waals surface area (Å²) in [5.74, 6) is 2.06. The van der Waals surface area contributed by atoms with Crippen LogP contribution in [0, 0.1) is 0 Å². The molecule has 0 saturated heterocycles. The molecule has 5 heteroatoms. The van der Waals surface area contributed by atoms with E-state index in [0.717, 1.165) is 12.8 Å². The lowest BCUT2D eigenvalue weighted by Gasteiger charge is -2.08. The van der Waals surface area contributed by atoms with E-state index in [1.165, 1.54) is 0 Å². The van der Waals surface area contributed by atoms with Crippen molar-refractivity contribution in [2.75, 3.05) is 7.11 Å². The number of hydrogen-bond donors (Lipinski definition) is 1. The summed E-state index contributed by atoms with van der Waals surface area (Å²) in [6, 6.07) is 11.1. The Morgan fingerprint density at radius 3 is 2.71 bits per heavy atom. The average Bonchev–Trinajstić information content (AvgIpc) is 3.19.